The summed E-state index contributed by atoms with van der Waals surface area (Å²) in [7, 11) is 0. The molecule has 90 valence electrons. The van der Waals surface area contributed by atoms with Gasteiger partial charge in [0.25, 0.3) is 5.56 Å². The molecule has 0 aromatic carbocycles. The Kier molecular flexibility index (Phi) is 2.30. The SMILES string of the molecule is CC1=C(c2nc(N)cc(=O)[nH]2)C(=O)OC1(C)C. The maximum Gasteiger partial charge on any atom is 0.342 e. The Labute approximate surface area is 97.5 Å². The van der Waals surface area contributed by atoms with Gasteiger partial charge in [-0.3, -0.25) is 4.79 Å². The highest BCUT2D eigenvalue weighted by Gasteiger charge is 2.39. The molecule has 6 nitrogen and oxygen atoms in total. The van der Waals surface area contributed by atoms with Crippen LogP contribution in [-0.4, -0.2) is 21.5 Å². The van der Waals surface area contributed by atoms with E-state index in [1.165, 1.54) is 0 Å². The van der Waals surface area contributed by atoms with Crippen molar-refractivity contribution in [2.75, 3.05) is 5.73 Å². The molecule has 1 aromatic heterocycles. The summed E-state index contributed by atoms with van der Waals surface area (Å²) in [4.78, 5) is 29.5. The van der Waals surface area contributed by atoms with Gasteiger partial charge in [0.15, 0.2) is 0 Å². The van der Waals surface area contributed by atoms with Crippen LogP contribution < -0.4 is 11.3 Å². The summed E-state index contributed by atoms with van der Waals surface area (Å²) >= 11 is 0. The summed E-state index contributed by atoms with van der Waals surface area (Å²) in [5.74, 6) is -0.272. The standard InChI is InChI=1S/C11H13N3O3/c1-5-8(10(16)17-11(5,2)3)9-13-6(12)4-7(15)14-9/h4H,1-3H3,(H3,12,13,14,15). The van der Waals surface area contributed by atoms with Crippen molar-refractivity contribution in [2.45, 2.75) is 26.4 Å². The monoisotopic (exact) mass is 235 g/mol. The average molecular weight is 235 g/mol. The maximum absolute atomic E-state index is 11.7. The number of carbonyl (C=O) groups excluding carboxylic acids is 1. The van der Waals surface area contributed by atoms with Crippen molar-refractivity contribution in [2.24, 2.45) is 0 Å². The Morgan fingerprint density at radius 3 is 2.53 bits per heavy atom. The third kappa shape index (κ3) is 1.82. The van der Waals surface area contributed by atoms with Gasteiger partial charge in [0.1, 0.15) is 22.8 Å². The zero-order valence-corrected chi connectivity index (χ0v) is 9.83. The molecule has 0 fully saturated rings. The second kappa shape index (κ2) is 3.44. The van der Waals surface area contributed by atoms with E-state index in [4.69, 9.17) is 10.5 Å². The van der Waals surface area contributed by atoms with E-state index < -0.39 is 17.1 Å². The molecule has 0 atom stereocenters. The van der Waals surface area contributed by atoms with Crippen molar-refractivity contribution in [1.82, 2.24) is 9.97 Å². The minimum absolute atomic E-state index is 0.0709. The van der Waals surface area contributed by atoms with Crippen molar-refractivity contribution in [3.05, 3.63) is 27.8 Å². The summed E-state index contributed by atoms with van der Waals surface area (Å²) in [6, 6.07) is 1.16. The van der Waals surface area contributed by atoms with E-state index in [1.807, 2.05) is 0 Å². The number of hydrogen-bond donors (Lipinski definition) is 2. The Hall–Kier alpha value is -2.11. The molecule has 1 aliphatic heterocycles. The molecule has 3 N–H and O–H groups in total. The molecule has 0 aliphatic carbocycles. The predicted molar refractivity (Wildman–Crippen MR) is 62.0 cm³/mol. The second-order valence-corrected chi connectivity index (χ2v) is 4.42. The molecule has 0 spiro atoms. The number of anilines is 1. The first-order chi connectivity index (χ1) is 7.81. The summed E-state index contributed by atoms with van der Waals surface area (Å²) in [6.45, 7) is 5.32. The number of hydrogen-bond acceptors (Lipinski definition) is 5. The largest absolute Gasteiger partial charge is 0.451 e. The summed E-state index contributed by atoms with van der Waals surface area (Å²) < 4.78 is 5.19. The van der Waals surface area contributed by atoms with Gasteiger partial charge in [-0.25, -0.2) is 9.78 Å². The topological polar surface area (TPSA) is 98.1 Å². The lowest BCUT2D eigenvalue weighted by atomic mass is 9.97. The van der Waals surface area contributed by atoms with Gasteiger partial charge in [-0.2, -0.15) is 0 Å². The van der Waals surface area contributed by atoms with Gasteiger partial charge < -0.3 is 15.5 Å². The lowest BCUT2D eigenvalue weighted by molar-refractivity contribution is -0.142. The first-order valence-electron chi connectivity index (χ1n) is 5.13. The van der Waals surface area contributed by atoms with Gasteiger partial charge in [0.2, 0.25) is 0 Å². The number of nitrogens with one attached hydrogen (secondary N) is 1. The van der Waals surface area contributed by atoms with Crippen LogP contribution in [0.15, 0.2) is 16.4 Å². The molecular formula is C11H13N3O3. The first kappa shape index (κ1) is 11.4. The van der Waals surface area contributed by atoms with Crippen LogP contribution in [0.3, 0.4) is 0 Å². The number of nitrogens with zero attached hydrogens (tertiary/aromatic N) is 1. The first-order valence-corrected chi connectivity index (χ1v) is 5.13. The Morgan fingerprint density at radius 2 is 2.06 bits per heavy atom. The summed E-state index contributed by atoms with van der Waals surface area (Å²) in [6.07, 6.45) is 0. The van der Waals surface area contributed by atoms with E-state index in [-0.39, 0.29) is 17.2 Å². The molecule has 2 heterocycles. The number of cyclic esters (lactones) is 1. The van der Waals surface area contributed by atoms with Crippen molar-refractivity contribution in [3.8, 4) is 0 Å². The normalized spacial score (nSPS) is 18.4. The molecule has 17 heavy (non-hydrogen) atoms. The molecule has 0 amide bonds. The number of nitrogen functional groups attached to an aromatic ring is 1. The van der Waals surface area contributed by atoms with Gasteiger partial charge in [-0.15, -0.1) is 0 Å². The van der Waals surface area contributed by atoms with E-state index in [0.717, 1.165) is 11.6 Å². The van der Waals surface area contributed by atoms with Crippen molar-refractivity contribution < 1.29 is 9.53 Å². The molecule has 0 radical (unpaired) electrons. The van der Waals surface area contributed by atoms with Gasteiger partial charge in [0, 0.05) is 6.07 Å². The number of esters is 1. The summed E-state index contributed by atoms with van der Waals surface area (Å²) in [5, 5.41) is 0. The lowest BCUT2D eigenvalue weighted by Gasteiger charge is -2.17. The molecule has 6 heteroatoms. The fourth-order valence-corrected chi connectivity index (χ4v) is 1.68. The Bertz CT molecular complexity index is 584. The number of H-pyrrole nitrogens is 1. The van der Waals surface area contributed by atoms with Crippen molar-refractivity contribution in [3.63, 3.8) is 0 Å². The number of ether oxygens (including phenoxy) is 1. The highest BCUT2D eigenvalue weighted by Crippen LogP contribution is 2.35. The molecular weight excluding hydrogens is 222 g/mol. The number of aromatic nitrogens is 2. The van der Waals surface area contributed by atoms with Crippen LogP contribution in [0.5, 0.6) is 0 Å². The minimum atomic E-state index is -0.685. The quantitative estimate of drug-likeness (QED) is 0.689. The molecule has 2 rings (SSSR count). The second-order valence-electron chi connectivity index (χ2n) is 4.42. The van der Waals surface area contributed by atoms with E-state index in [9.17, 15) is 9.59 Å². The lowest BCUT2D eigenvalue weighted by Crippen LogP contribution is -2.21. The molecule has 1 aromatic rings. The van der Waals surface area contributed by atoms with E-state index in [0.29, 0.717) is 0 Å². The van der Waals surface area contributed by atoms with Crippen molar-refractivity contribution >= 4 is 17.4 Å². The van der Waals surface area contributed by atoms with Crippen LogP contribution in [0.2, 0.25) is 0 Å². The molecule has 0 unspecified atom stereocenters. The van der Waals surface area contributed by atoms with Crippen LogP contribution >= 0.6 is 0 Å². The average Bonchev–Trinajstić information content (AvgIpc) is 2.34. The zero-order valence-electron chi connectivity index (χ0n) is 9.83. The number of carbonyl (C=O) groups is 1. The zero-order chi connectivity index (χ0) is 12.8. The summed E-state index contributed by atoms with van der Waals surface area (Å²) in [5.41, 5.74) is 5.39. The van der Waals surface area contributed by atoms with Crippen LogP contribution in [0.25, 0.3) is 5.57 Å². The highest BCUT2D eigenvalue weighted by atomic mass is 16.6. The minimum Gasteiger partial charge on any atom is -0.451 e. The molecule has 0 bridgehead atoms. The fraction of sp³-hybridized carbons (Fsp3) is 0.364. The van der Waals surface area contributed by atoms with Crippen LogP contribution in [0.1, 0.15) is 26.6 Å². The van der Waals surface area contributed by atoms with Gasteiger partial charge in [-0.05, 0) is 26.3 Å². The van der Waals surface area contributed by atoms with Crippen LogP contribution in [-0.2, 0) is 9.53 Å². The number of aromatic amines is 1. The third-order valence-electron chi connectivity index (χ3n) is 2.83. The fourth-order valence-electron chi connectivity index (χ4n) is 1.68. The molecule has 1 aliphatic rings. The Morgan fingerprint density at radius 1 is 1.41 bits per heavy atom. The van der Waals surface area contributed by atoms with Crippen molar-refractivity contribution in [1.29, 1.82) is 0 Å². The maximum atomic E-state index is 11.7. The van der Waals surface area contributed by atoms with Crippen LogP contribution in [0.4, 0.5) is 5.82 Å². The van der Waals surface area contributed by atoms with Gasteiger partial charge in [-0.1, -0.05) is 0 Å². The predicted octanol–water partition coefficient (Wildman–Crippen LogP) is 0.461. The van der Waals surface area contributed by atoms with E-state index in [1.54, 1.807) is 20.8 Å². The smallest absolute Gasteiger partial charge is 0.342 e. The molecule has 0 saturated heterocycles. The van der Waals surface area contributed by atoms with Crippen LogP contribution in [0, 0.1) is 0 Å². The third-order valence-corrected chi connectivity index (χ3v) is 2.83. The Balaban J connectivity index is 2.65. The number of nitrogens with two attached hydrogens (primary N) is 1. The van der Waals surface area contributed by atoms with E-state index >= 15 is 0 Å². The number of rotatable bonds is 1. The molecule has 0 saturated carbocycles. The van der Waals surface area contributed by atoms with Gasteiger partial charge >= 0.3 is 5.97 Å². The highest BCUT2D eigenvalue weighted by molar-refractivity contribution is 6.18. The van der Waals surface area contributed by atoms with Gasteiger partial charge in [0.05, 0.1) is 0 Å². The van der Waals surface area contributed by atoms with E-state index in [2.05, 4.69) is 9.97 Å².